The summed E-state index contributed by atoms with van der Waals surface area (Å²) in [5.41, 5.74) is 0. The van der Waals surface area contributed by atoms with E-state index in [0.717, 1.165) is 26.2 Å². The Morgan fingerprint density at radius 1 is 1.29 bits per heavy atom. The molecule has 1 rings (SSSR count). The van der Waals surface area contributed by atoms with Crippen LogP contribution in [0.1, 0.15) is 0 Å². The molecule has 40 valence electrons. The van der Waals surface area contributed by atoms with E-state index in [1.807, 2.05) is 0 Å². The second-order valence-electron chi connectivity index (χ2n) is 1.87. The SMILES string of the molecule is C=[N+]1CCNCC1. The summed E-state index contributed by atoms with van der Waals surface area (Å²) in [4.78, 5) is 0. The first-order valence-corrected chi connectivity index (χ1v) is 2.66. The summed E-state index contributed by atoms with van der Waals surface area (Å²) < 4.78 is 2.08. The van der Waals surface area contributed by atoms with Crippen LogP contribution in [-0.4, -0.2) is 37.5 Å². The molecule has 2 heteroatoms. The Hall–Kier alpha value is -0.370. The molecule has 0 aromatic carbocycles. The molecular weight excluding hydrogens is 88.1 g/mol. The molecule has 1 heterocycles. The Morgan fingerprint density at radius 2 is 1.86 bits per heavy atom. The van der Waals surface area contributed by atoms with E-state index < -0.39 is 0 Å². The minimum absolute atomic E-state index is 1.10. The van der Waals surface area contributed by atoms with Gasteiger partial charge in [-0.3, -0.25) is 0 Å². The van der Waals surface area contributed by atoms with Crippen LogP contribution in [0, 0.1) is 0 Å². The predicted molar refractivity (Wildman–Crippen MR) is 30.0 cm³/mol. The molecule has 2 nitrogen and oxygen atoms in total. The van der Waals surface area contributed by atoms with Gasteiger partial charge in [0.25, 0.3) is 0 Å². The maximum atomic E-state index is 3.79. The second-order valence-corrected chi connectivity index (χ2v) is 1.87. The third kappa shape index (κ3) is 1.27. The van der Waals surface area contributed by atoms with Crippen molar-refractivity contribution in [3.63, 3.8) is 0 Å². The molecule has 0 saturated carbocycles. The molecule has 0 bridgehead atoms. The van der Waals surface area contributed by atoms with Gasteiger partial charge in [0.05, 0.1) is 13.1 Å². The highest BCUT2D eigenvalue weighted by molar-refractivity contribution is 5.14. The molecule has 0 unspecified atom stereocenters. The lowest BCUT2D eigenvalue weighted by molar-refractivity contribution is -0.523. The smallest absolute Gasteiger partial charge is 0.154 e. The summed E-state index contributed by atoms with van der Waals surface area (Å²) in [5, 5.41) is 3.23. The third-order valence-corrected chi connectivity index (χ3v) is 1.21. The van der Waals surface area contributed by atoms with Gasteiger partial charge in [0, 0.05) is 0 Å². The molecule has 1 saturated heterocycles. The average Bonchev–Trinajstić information content (AvgIpc) is 1.69. The van der Waals surface area contributed by atoms with E-state index in [9.17, 15) is 0 Å². The molecule has 0 radical (unpaired) electrons. The Balaban J connectivity index is 2.25. The standard InChI is InChI=1S/C5H11N2/c1-7-4-2-6-3-5-7/h6H,1-5H2/q+1. The summed E-state index contributed by atoms with van der Waals surface area (Å²) >= 11 is 0. The molecule has 1 fully saturated rings. The predicted octanol–water partition coefficient (Wildman–Crippen LogP) is -0.697. The summed E-state index contributed by atoms with van der Waals surface area (Å²) in [6.45, 7) is 8.19. The van der Waals surface area contributed by atoms with Gasteiger partial charge in [-0.2, -0.15) is 0 Å². The van der Waals surface area contributed by atoms with Crippen molar-refractivity contribution in [1.82, 2.24) is 5.32 Å². The van der Waals surface area contributed by atoms with Crippen LogP contribution in [-0.2, 0) is 0 Å². The Kier molecular flexibility index (Phi) is 1.42. The van der Waals surface area contributed by atoms with Crippen molar-refractivity contribution in [2.75, 3.05) is 26.2 Å². The molecule has 1 aliphatic rings. The van der Waals surface area contributed by atoms with Crippen molar-refractivity contribution in [3.8, 4) is 0 Å². The van der Waals surface area contributed by atoms with E-state index in [1.165, 1.54) is 0 Å². The maximum Gasteiger partial charge on any atom is 0.154 e. The third-order valence-electron chi connectivity index (χ3n) is 1.21. The van der Waals surface area contributed by atoms with Crippen molar-refractivity contribution in [1.29, 1.82) is 0 Å². The quantitative estimate of drug-likeness (QED) is 0.397. The molecule has 1 N–H and O–H groups in total. The lowest BCUT2D eigenvalue weighted by Gasteiger charge is -2.08. The number of rotatable bonds is 0. The minimum Gasteiger partial charge on any atom is -0.305 e. The van der Waals surface area contributed by atoms with Gasteiger partial charge >= 0.3 is 0 Å². The first kappa shape index (κ1) is 4.78. The Morgan fingerprint density at radius 3 is 2.14 bits per heavy atom. The van der Waals surface area contributed by atoms with Crippen LogP contribution >= 0.6 is 0 Å². The van der Waals surface area contributed by atoms with Crippen LogP contribution in [0.4, 0.5) is 0 Å². The van der Waals surface area contributed by atoms with Gasteiger partial charge in [0.1, 0.15) is 6.72 Å². The molecule has 0 aliphatic carbocycles. The molecule has 0 aromatic rings. The minimum atomic E-state index is 1.10. The lowest BCUT2D eigenvalue weighted by atomic mass is 10.4. The van der Waals surface area contributed by atoms with Crippen LogP contribution in [0.25, 0.3) is 0 Å². The van der Waals surface area contributed by atoms with Crippen molar-refractivity contribution in [2.24, 2.45) is 0 Å². The summed E-state index contributed by atoms with van der Waals surface area (Å²) in [6.07, 6.45) is 0. The van der Waals surface area contributed by atoms with E-state index in [-0.39, 0.29) is 0 Å². The number of hydrogen-bond donors (Lipinski definition) is 1. The zero-order valence-electron chi connectivity index (χ0n) is 4.48. The monoisotopic (exact) mass is 99.1 g/mol. The van der Waals surface area contributed by atoms with Crippen LogP contribution in [0.3, 0.4) is 0 Å². The molecule has 0 spiro atoms. The van der Waals surface area contributed by atoms with Crippen molar-refractivity contribution in [2.45, 2.75) is 0 Å². The summed E-state index contributed by atoms with van der Waals surface area (Å²) in [7, 11) is 0. The second kappa shape index (κ2) is 2.07. The fourth-order valence-electron chi connectivity index (χ4n) is 0.711. The summed E-state index contributed by atoms with van der Waals surface area (Å²) in [6, 6.07) is 0. The van der Waals surface area contributed by atoms with E-state index in [0.29, 0.717) is 0 Å². The van der Waals surface area contributed by atoms with Gasteiger partial charge < -0.3 is 5.32 Å². The van der Waals surface area contributed by atoms with Crippen LogP contribution in [0.5, 0.6) is 0 Å². The fourth-order valence-corrected chi connectivity index (χ4v) is 0.711. The highest BCUT2D eigenvalue weighted by Gasteiger charge is 2.04. The lowest BCUT2D eigenvalue weighted by Crippen LogP contribution is -2.37. The highest BCUT2D eigenvalue weighted by atomic mass is 15.1. The van der Waals surface area contributed by atoms with Crippen molar-refractivity contribution in [3.05, 3.63) is 0 Å². The maximum absolute atomic E-state index is 3.79. The van der Waals surface area contributed by atoms with Crippen LogP contribution in [0.2, 0.25) is 0 Å². The Bertz CT molecular complexity index is 70.1. The highest BCUT2D eigenvalue weighted by Crippen LogP contribution is 1.76. The normalized spacial score (nSPS) is 22.6. The molecular formula is C5H11N2+. The van der Waals surface area contributed by atoms with E-state index in [4.69, 9.17) is 0 Å². The molecule has 7 heavy (non-hydrogen) atoms. The van der Waals surface area contributed by atoms with Crippen LogP contribution in [0.15, 0.2) is 0 Å². The first-order chi connectivity index (χ1) is 3.39. The van der Waals surface area contributed by atoms with E-state index in [1.54, 1.807) is 0 Å². The average molecular weight is 99.2 g/mol. The van der Waals surface area contributed by atoms with E-state index in [2.05, 4.69) is 16.6 Å². The zero-order valence-corrected chi connectivity index (χ0v) is 4.48. The largest absolute Gasteiger partial charge is 0.305 e. The van der Waals surface area contributed by atoms with Crippen molar-refractivity contribution < 1.29 is 4.58 Å². The number of piperazine rings is 1. The molecule has 0 amide bonds. The van der Waals surface area contributed by atoms with E-state index >= 15 is 0 Å². The number of nitrogens with one attached hydrogen (secondary N) is 1. The number of hydrogen-bond acceptors (Lipinski definition) is 1. The molecule has 0 atom stereocenters. The van der Waals surface area contributed by atoms with Crippen LogP contribution < -0.4 is 5.32 Å². The number of nitrogens with zero attached hydrogens (tertiary/aromatic N) is 1. The van der Waals surface area contributed by atoms with Gasteiger partial charge in [0.15, 0.2) is 13.1 Å². The molecule has 0 aromatic heterocycles. The molecule has 1 aliphatic heterocycles. The van der Waals surface area contributed by atoms with Gasteiger partial charge in [-0.05, 0) is 0 Å². The topological polar surface area (TPSA) is 15.0 Å². The van der Waals surface area contributed by atoms with Gasteiger partial charge in [-0.25, -0.2) is 4.58 Å². The Labute approximate surface area is 43.8 Å². The van der Waals surface area contributed by atoms with Gasteiger partial charge in [-0.15, -0.1) is 0 Å². The fraction of sp³-hybridized carbons (Fsp3) is 0.800. The summed E-state index contributed by atoms with van der Waals surface area (Å²) in [5.74, 6) is 0. The first-order valence-electron chi connectivity index (χ1n) is 2.66. The van der Waals surface area contributed by atoms with Gasteiger partial charge in [-0.1, -0.05) is 0 Å². The van der Waals surface area contributed by atoms with Crippen molar-refractivity contribution >= 4 is 6.72 Å². The zero-order chi connectivity index (χ0) is 5.11. The van der Waals surface area contributed by atoms with Gasteiger partial charge in [0.2, 0.25) is 0 Å².